The van der Waals surface area contributed by atoms with E-state index in [-0.39, 0.29) is 17.9 Å². The highest BCUT2D eigenvalue weighted by atomic mass is 16.5. The van der Waals surface area contributed by atoms with Gasteiger partial charge in [0.25, 0.3) is 0 Å². The molecule has 1 aliphatic heterocycles. The van der Waals surface area contributed by atoms with Crippen LogP contribution < -0.4 is 25.3 Å². The van der Waals surface area contributed by atoms with Crippen LogP contribution in [-0.4, -0.2) is 80.7 Å². The second kappa shape index (κ2) is 21.6. The summed E-state index contributed by atoms with van der Waals surface area (Å²) in [5.41, 5.74) is 9.63. The van der Waals surface area contributed by atoms with Crippen LogP contribution in [0, 0.1) is 11.8 Å². The molecule has 3 aromatic rings. The van der Waals surface area contributed by atoms with Crippen LogP contribution in [0.25, 0.3) is 0 Å². The van der Waals surface area contributed by atoms with Crippen molar-refractivity contribution in [2.45, 2.75) is 97.2 Å². The molecule has 9 heteroatoms. The maximum Gasteiger partial charge on any atom is 0.239 e. The number of ether oxygens (including phenoxy) is 3. The van der Waals surface area contributed by atoms with Crippen molar-refractivity contribution in [3.05, 3.63) is 89.5 Å². The van der Waals surface area contributed by atoms with E-state index in [4.69, 9.17) is 19.9 Å². The predicted molar refractivity (Wildman–Crippen MR) is 214 cm³/mol. The molecule has 3 N–H and O–H groups in total. The lowest BCUT2D eigenvalue weighted by molar-refractivity contribution is -0.141. The van der Waals surface area contributed by atoms with Crippen molar-refractivity contribution in [2.75, 3.05) is 47.0 Å². The van der Waals surface area contributed by atoms with Crippen LogP contribution >= 0.6 is 0 Å². The van der Waals surface area contributed by atoms with Gasteiger partial charge in [-0.3, -0.25) is 9.59 Å². The van der Waals surface area contributed by atoms with Crippen LogP contribution in [0.4, 0.5) is 0 Å². The summed E-state index contributed by atoms with van der Waals surface area (Å²) in [6, 6.07) is 22.8. The van der Waals surface area contributed by atoms with Crippen LogP contribution in [0.5, 0.6) is 17.2 Å². The Bertz CT molecular complexity index is 1530. The summed E-state index contributed by atoms with van der Waals surface area (Å²) >= 11 is 0. The quantitative estimate of drug-likeness (QED) is 0.110. The molecule has 0 aromatic heterocycles. The number of hydrogen-bond acceptors (Lipinski definition) is 7. The van der Waals surface area contributed by atoms with Gasteiger partial charge in [-0.15, -0.1) is 0 Å². The molecule has 0 saturated carbocycles. The lowest BCUT2D eigenvalue weighted by Crippen LogP contribution is -2.60. The fraction of sp³-hybridized carbons (Fsp3) is 0.545. The van der Waals surface area contributed by atoms with Gasteiger partial charge in [0.2, 0.25) is 11.8 Å². The zero-order valence-electron chi connectivity index (χ0n) is 33.0. The first-order valence-corrected chi connectivity index (χ1v) is 19.8. The van der Waals surface area contributed by atoms with Gasteiger partial charge in [-0.25, -0.2) is 0 Å². The number of benzene rings is 3. The van der Waals surface area contributed by atoms with Gasteiger partial charge in [0.1, 0.15) is 17.2 Å². The second-order valence-corrected chi connectivity index (χ2v) is 14.7. The lowest BCUT2D eigenvalue weighted by atomic mass is 9.87. The highest BCUT2D eigenvalue weighted by Gasteiger charge is 2.41. The lowest BCUT2D eigenvalue weighted by Gasteiger charge is -2.44. The molecule has 1 fully saturated rings. The smallest absolute Gasteiger partial charge is 0.239 e. The minimum Gasteiger partial charge on any atom is -0.497 e. The minimum atomic E-state index is -0.598. The Morgan fingerprint density at radius 2 is 1.64 bits per heavy atom. The summed E-state index contributed by atoms with van der Waals surface area (Å²) in [4.78, 5) is 33.2. The van der Waals surface area contributed by atoms with E-state index < -0.39 is 18.0 Å². The molecule has 4 rings (SSSR count). The van der Waals surface area contributed by atoms with Gasteiger partial charge < -0.3 is 35.1 Å². The first kappa shape index (κ1) is 41.7. The number of carbonyl (C=O) groups is 2. The van der Waals surface area contributed by atoms with E-state index in [1.807, 2.05) is 54.3 Å². The Labute approximate surface area is 318 Å². The summed E-state index contributed by atoms with van der Waals surface area (Å²) in [7, 11) is 3.25. The first-order valence-electron chi connectivity index (χ1n) is 19.8. The standard InChI is InChI=1S/C44H64N4O5/c1-7-26-48(44(50)39(45)29-32(3)4)40-25-28-47(27-15-10-9-12-16-33-17-13-11-14-18-33)31-38(40)43(49)46-42(34-19-21-35(22-20-34)53-8-2)37-24-23-36(51-5)30-41(37)52-6/h11,13-14,17-24,30,32,38-40,42H,7-10,12,15-16,25-29,31,45H2,1-6H3,(H,46,49). The van der Waals surface area contributed by atoms with E-state index in [1.54, 1.807) is 14.2 Å². The Balaban J connectivity index is 1.59. The van der Waals surface area contributed by atoms with Crippen molar-refractivity contribution < 1.29 is 23.8 Å². The molecular formula is C44H64N4O5. The topological polar surface area (TPSA) is 106 Å². The average Bonchev–Trinajstić information content (AvgIpc) is 3.17. The zero-order valence-corrected chi connectivity index (χ0v) is 33.0. The van der Waals surface area contributed by atoms with E-state index in [0.29, 0.717) is 50.0 Å². The molecule has 4 atom stereocenters. The molecule has 3 aromatic carbocycles. The van der Waals surface area contributed by atoms with Crippen LogP contribution in [0.15, 0.2) is 72.8 Å². The van der Waals surface area contributed by atoms with Gasteiger partial charge in [0.15, 0.2) is 0 Å². The van der Waals surface area contributed by atoms with E-state index >= 15 is 0 Å². The molecular weight excluding hydrogens is 665 g/mol. The third-order valence-corrected chi connectivity index (χ3v) is 10.3. The van der Waals surface area contributed by atoms with Crippen molar-refractivity contribution in [1.29, 1.82) is 0 Å². The zero-order chi connectivity index (χ0) is 38.2. The van der Waals surface area contributed by atoms with Gasteiger partial charge in [-0.05, 0) is 93.3 Å². The fourth-order valence-corrected chi connectivity index (χ4v) is 7.58. The van der Waals surface area contributed by atoms with Crippen molar-refractivity contribution in [1.82, 2.24) is 15.1 Å². The number of amides is 2. The number of nitrogens with one attached hydrogen (secondary N) is 1. The molecule has 0 radical (unpaired) electrons. The number of aryl methyl sites for hydroxylation is 1. The van der Waals surface area contributed by atoms with Crippen molar-refractivity contribution in [3.63, 3.8) is 0 Å². The maximum absolute atomic E-state index is 14.8. The van der Waals surface area contributed by atoms with Crippen molar-refractivity contribution in [2.24, 2.45) is 17.6 Å². The first-order chi connectivity index (χ1) is 25.7. The third-order valence-electron chi connectivity index (χ3n) is 10.3. The predicted octanol–water partition coefficient (Wildman–Crippen LogP) is 7.41. The molecule has 1 saturated heterocycles. The molecule has 2 amide bonds. The Morgan fingerprint density at radius 1 is 0.925 bits per heavy atom. The number of hydrogen-bond donors (Lipinski definition) is 2. The highest BCUT2D eigenvalue weighted by molar-refractivity contribution is 5.85. The SMILES string of the molecule is CCCN(C(=O)C(N)CC(C)C)C1CCN(CCCCCCc2ccccc2)CC1C(=O)NC(c1ccc(OCC)cc1)c1ccc(OC)cc1OC. The van der Waals surface area contributed by atoms with E-state index in [0.717, 1.165) is 55.6 Å². The van der Waals surface area contributed by atoms with Crippen LogP contribution in [-0.2, 0) is 16.0 Å². The summed E-state index contributed by atoms with van der Waals surface area (Å²) in [6.45, 7) is 11.7. The van der Waals surface area contributed by atoms with Gasteiger partial charge >= 0.3 is 0 Å². The number of piperidine rings is 1. The average molecular weight is 729 g/mol. The van der Waals surface area contributed by atoms with Gasteiger partial charge in [-0.1, -0.05) is 76.1 Å². The molecule has 1 heterocycles. The summed E-state index contributed by atoms with van der Waals surface area (Å²) in [5, 5.41) is 3.43. The van der Waals surface area contributed by atoms with Gasteiger partial charge in [0, 0.05) is 37.3 Å². The molecule has 0 spiro atoms. The molecule has 4 unspecified atom stereocenters. The summed E-state index contributed by atoms with van der Waals surface area (Å²) < 4.78 is 17.1. The largest absolute Gasteiger partial charge is 0.497 e. The Hall–Kier alpha value is -4.08. The Kier molecular flexibility index (Phi) is 17.0. The fourth-order valence-electron chi connectivity index (χ4n) is 7.58. The molecule has 290 valence electrons. The summed E-state index contributed by atoms with van der Waals surface area (Å²) in [6.07, 6.45) is 7.77. The van der Waals surface area contributed by atoms with Gasteiger partial charge in [0.05, 0.1) is 38.8 Å². The monoisotopic (exact) mass is 728 g/mol. The molecule has 9 nitrogen and oxygen atoms in total. The minimum absolute atomic E-state index is 0.0601. The number of nitrogens with zero attached hydrogens (tertiary/aromatic N) is 2. The van der Waals surface area contributed by atoms with Crippen molar-refractivity contribution in [3.8, 4) is 17.2 Å². The van der Waals surface area contributed by atoms with Gasteiger partial charge in [-0.2, -0.15) is 0 Å². The number of nitrogens with two attached hydrogens (primary N) is 1. The second-order valence-electron chi connectivity index (χ2n) is 14.7. The van der Waals surface area contributed by atoms with Crippen LogP contribution in [0.1, 0.15) is 95.4 Å². The number of carbonyl (C=O) groups excluding carboxylic acids is 2. The van der Waals surface area contributed by atoms with Crippen molar-refractivity contribution >= 4 is 11.8 Å². The molecule has 53 heavy (non-hydrogen) atoms. The third kappa shape index (κ3) is 12.2. The van der Waals surface area contributed by atoms with E-state index in [9.17, 15) is 9.59 Å². The molecule has 0 aliphatic carbocycles. The Morgan fingerprint density at radius 3 is 2.30 bits per heavy atom. The van der Waals surface area contributed by atoms with E-state index in [2.05, 4.69) is 61.3 Å². The number of unbranched alkanes of at least 4 members (excludes halogenated alkanes) is 3. The molecule has 0 bridgehead atoms. The summed E-state index contributed by atoms with van der Waals surface area (Å²) in [5.74, 6) is 1.73. The van der Waals surface area contributed by atoms with Crippen LogP contribution in [0.2, 0.25) is 0 Å². The van der Waals surface area contributed by atoms with E-state index in [1.165, 1.54) is 18.4 Å². The number of likely N-dealkylation sites (tertiary alicyclic amines) is 1. The number of rotatable bonds is 21. The normalized spacial score (nSPS) is 17.2. The molecule has 1 aliphatic rings. The number of methoxy groups -OCH3 is 2. The maximum atomic E-state index is 14.8. The van der Waals surface area contributed by atoms with Crippen LogP contribution in [0.3, 0.4) is 0 Å². The highest BCUT2D eigenvalue weighted by Crippen LogP contribution is 2.35.